The lowest BCUT2D eigenvalue weighted by Crippen LogP contribution is -2.35. The second kappa shape index (κ2) is 4.72. The fourth-order valence-electron chi connectivity index (χ4n) is 0.451. The summed E-state index contributed by atoms with van der Waals surface area (Å²) in [6, 6.07) is -0.894. The Bertz CT molecular complexity index is 128. The van der Waals surface area contributed by atoms with Crippen LogP contribution >= 0.6 is 0 Å². The highest BCUT2D eigenvalue weighted by Crippen LogP contribution is 1.88. The average Bonchev–Trinajstić information content (AvgIpc) is 1.86. The first kappa shape index (κ1) is 8.87. The monoisotopic (exact) mass is 149 g/mol. The molecule has 0 saturated heterocycles. The summed E-state index contributed by atoms with van der Waals surface area (Å²) < 4.78 is 11.7. The van der Waals surface area contributed by atoms with Crippen molar-refractivity contribution in [1.82, 2.24) is 5.32 Å². The van der Waals surface area contributed by atoms with Crippen LogP contribution in [0.2, 0.25) is 0 Å². The highest BCUT2D eigenvalue weighted by Gasteiger charge is 2.08. The molecule has 0 fully saturated rings. The number of nitrogens with one attached hydrogen (secondary N) is 1. The second-order valence-corrected chi connectivity index (χ2v) is 1.70. The van der Waals surface area contributed by atoms with Crippen molar-refractivity contribution in [2.75, 3.05) is 6.67 Å². The molecule has 0 aromatic carbocycles. The molecule has 0 saturated carbocycles. The summed E-state index contributed by atoms with van der Waals surface area (Å²) in [5.41, 5.74) is 0. The Morgan fingerprint density at radius 1 is 1.80 bits per heavy atom. The van der Waals surface area contributed by atoms with Crippen LogP contribution in [-0.4, -0.2) is 30.2 Å². The van der Waals surface area contributed by atoms with Gasteiger partial charge in [0.15, 0.2) is 0 Å². The smallest absolute Gasteiger partial charge is 0.404 e. The molecule has 0 spiro atoms. The lowest BCUT2D eigenvalue weighted by Gasteiger charge is -2.07. The van der Waals surface area contributed by atoms with Crippen LogP contribution in [0.5, 0.6) is 0 Å². The zero-order chi connectivity index (χ0) is 7.98. The van der Waals surface area contributed by atoms with Crippen LogP contribution in [0.25, 0.3) is 0 Å². The highest BCUT2D eigenvalue weighted by molar-refractivity contribution is 5.65. The summed E-state index contributed by atoms with van der Waals surface area (Å²) >= 11 is 0. The quantitative estimate of drug-likeness (QED) is 0.560. The average molecular weight is 149 g/mol. The number of carbonyl (C=O) groups excluding carboxylic acids is 1. The van der Waals surface area contributed by atoms with Gasteiger partial charge >= 0.3 is 6.09 Å². The maximum atomic E-state index is 11.7. The molecule has 1 atom stereocenters. The van der Waals surface area contributed by atoms with Gasteiger partial charge in [0.05, 0.1) is 6.04 Å². The fraction of sp³-hybridized carbons (Fsp3) is 0.600. The normalized spacial score (nSPS) is 12.1. The van der Waals surface area contributed by atoms with E-state index >= 15 is 0 Å². The molecular formula is C5H8FNO3. The molecule has 1 amide bonds. The van der Waals surface area contributed by atoms with Crippen LogP contribution in [0, 0.1) is 0 Å². The second-order valence-electron chi connectivity index (χ2n) is 1.70. The van der Waals surface area contributed by atoms with Crippen molar-refractivity contribution in [3.8, 4) is 0 Å². The van der Waals surface area contributed by atoms with Gasteiger partial charge in [-0.1, -0.05) is 0 Å². The minimum atomic E-state index is -1.32. The van der Waals surface area contributed by atoms with Crippen molar-refractivity contribution >= 4 is 12.4 Å². The van der Waals surface area contributed by atoms with E-state index in [0.717, 1.165) is 0 Å². The van der Waals surface area contributed by atoms with Crippen LogP contribution in [0.15, 0.2) is 0 Å². The number of rotatable bonds is 4. The summed E-state index contributed by atoms with van der Waals surface area (Å²) in [6.07, 6.45) is -0.965. The molecule has 0 aliphatic rings. The van der Waals surface area contributed by atoms with E-state index in [2.05, 4.69) is 0 Å². The lowest BCUT2D eigenvalue weighted by molar-refractivity contribution is -0.108. The molecule has 0 aromatic rings. The molecule has 10 heavy (non-hydrogen) atoms. The van der Waals surface area contributed by atoms with Crippen molar-refractivity contribution in [3.63, 3.8) is 0 Å². The van der Waals surface area contributed by atoms with E-state index in [9.17, 15) is 14.0 Å². The van der Waals surface area contributed by atoms with E-state index in [4.69, 9.17) is 5.11 Å². The summed E-state index contributed by atoms with van der Waals surface area (Å²) in [7, 11) is 0. The van der Waals surface area contributed by atoms with Gasteiger partial charge in [0.1, 0.15) is 13.0 Å². The van der Waals surface area contributed by atoms with Gasteiger partial charge < -0.3 is 15.2 Å². The molecule has 5 heteroatoms. The highest BCUT2D eigenvalue weighted by atomic mass is 19.1. The lowest BCUT2D eigenvalue weighted by atomic mass is 10.2. The molecule has 0 bridgehead atoms. The number of hydrogen-bond donors (Lipinski definition) is 2. The predicted octanol–water partition coefficient (Wildman–Crippen LogP) is 0.181. The molecule has 0 aliphatic heterocycles. The minimum absolute atomic E-state index is 0.122. The molecular weight excluding hydrogens is 141 g/mol. The van der Waals surface area contributed by atoms with Crippen LogP contribution in [0.3, 0.4) is 0 Å². The van der Waals surface area contributed by atoms with Crippen molar-refractivity contribution < 1.29 is 19.1 Å². The van der Waals surface area contributed by atoms with Crippen molar-refractivity contribution in [1.29, 1.82) is 0 Å². The van der Waals surface area contributed by atoms with Crippen molar-refractivity contribution in [2.45, 2.75) is 12.5 Å². The molecule has 4 nitrogen and oxygen atoms in total. The zero-order valence-corrected chi connectivity index (χ0v) is 5.21. The van der Waals surface area contributed by atoms with Crippen LogP contribution in [0.4, 0.5) is 9.18 Å². The summed E-state index contributed by atoms with van der Waals surface area (Å²) in [5, 5.41) is 9.89. The molecule has 58 valence electrons. The van der Waals surface area contributed by atoms with Crippen LogP contribution in [0.1, 0.15) is 6.42 Å². The van der Waals surface area contributed by atoms with Gasteiger partial charge in [0, 0.05) is 6.42 Å². The van der Waals surface area contributed by atoms with Gasteiger partial charge in [-0.25, -0.2) is 9.18 Å². The number of halogens is 1. The van der Waals surface area contributed by atoms with Crippen molar-refractivity contribution in [3.05, 3.63) is 0 Å². The third-order valence-corrected chi connectivity index (χ3v) is 0.895. The first-order chi connectivity index (χ1) is 4.70. The maximum absolute atomic E-state index is 11.7. The number of amides is 1. The summed E-state index contributed by atoms with van der Waals surface area (Å²) in [4.78, 5) is 19.6. The first-order valence-electron chi connectivity index (χ1n) is 2.69. The van der Waals surface area contributed by atoms with Gasteiger partial charge in [-0.05, 0) is 0 Å². The SMILES string of the molecule is O=CCC(CF)NC(=O)O. The molecule has 0 radical (unpaired) electrons. The van der Waals surface area contributed by atoms with E-state index in [0.29, 0.717) is 6.29 Å². The van der Waals surface area contributed by atoms with E-state index in [-0.39, 0.29) is 6.42 Å². The third-order valence-electron chi connectivity index (χ3n) is 0.895. The number of carbonyl (C=O) groups is 2. The van der Waals surface area contributed by atoms with Gasteiger partial charge in [0.25, 0.3) is 0 Å². The standard InChI is InChI=1S/C5H8FNO3/c6-3-4(1-2-8)7-5(9)10/h2,4,7H,1,3H2,(H,9,10). The number of carboxylic acid groups (broad SMARTS) is 1. The molecule has 1 unspecified atom stereocenters. The van der Waals surface area contributed by atoms with Crippen molar-refractivity contribution in [2.24, 2.45) is 0 Å². The van der Waals surface area contributed by atoms with E-state index < -0.39 is 18.8 Å². The topological polar surface area (TPSA) is 66.4 Å². The van der Waals surface area contributed by atoms with Crippen LogP contribution < -0.4 is 5.32 Å². The van der Waals surface area contributed by atoms with Gasteiger partial charge in [-0.2, -0.15) is 0 Å². The molecule has 0 aromatic heterocycles. The Morgan fingerprint density at radius 3 is 2.70 bits per heavy atom. The Morgan fingerprint density at radius 2 is 2.40 bits per heavy atom. The largest absolute Gasteiger partial charge is 0.465 e. The third kappa shape index (κ3) is 3.82. The Balaban J connectivity index is 3.59. The zero-order valence-electron chi connectivity index (χ0n) is 5.21. The van der Waals surface area contributed by atoms with Gasteiger partial charge in [0.2, 0.25) is 0 Å². The Hall–Kier alpha value is -1.13. The minimum Gasteiger partial charge on any atom is -0.465 e. The van der Waals surface area contributed by atoms with Gasteiger partial charge in [-0.15, -0.1) is 0 Å². The fourth-order valence-corrected chi connectivity index (χ4v) is 0.451. The van der Waals surface area contributed by atoms with E-state index in [1.54, 1.807) is 0 Å². The molecule has 0 rings (SSSR count). The Labute approximate surface area is 57.0 Å². The number of aldehydes is 1. The first-order valence-corrected chi connectivity index (χ1v) is 2.69. The maximum Gasteiger partial charge on any atom is 0.404 e. The Kier molecular flexibility index (Phi) is 4.19. The number of alkyl halides is 1. The molecule has 0 heterocycles. The predicted molar refractivity (Wildman–Crippen MR) is 31.6 cm³/mol. The van der Waals surface area contributed by atoms with Crippen LogP contribution in [-0.2, 0) is 4.79 Å². The summed E-state index contributed by atoms with van der Waals surface area (Å²) in [6.45, 7) is -0.856. The van der Waals surface area contributed by atoms with E-state index in [1.165, 1.54) is 0 Å². The number of hydrogen-bond acceptors (Lipinski definition) is 2. The summed E-state index contributed by atoms with van der Waals surface area (Å²) in [5.74, 6) is 0. The van der Waals surface area contributed by atoms with Gasteiger partial charge in [-0.3, -0.25) is 0 Å². The van der Waals surface area contributed by atoms with E-state index in [1.807, 2.05) is 5.32 Å². The molecule has 2 N–H and O–H groups in total. The molecule has 0 aliphatic carbocycles.